The number of ether oxygens (including phenoxy) is 3. The van der Waals surface area contributed by atoms with Gasteiger partial charge in [0, 0.05) is 23.6 Å². The van der Waals surface area contributed by atoms with Crippen molar-refractivity contribution in [2.75, 3.05) is 27.9 Å². The number of hydrogen-bond acceptors (Lipinski definition) is 8. The van der Waals surface area contributed by atoms with Gasteiger partial charge in [-0.1, -0.05) is 0 Å². The second-order valence-electron chi connectivity index (χ2n) is 6.40. The Morgan fingerprint density at radius 2 is 1.80 bits per heavy atom. The minimum atomic E-state index is -0.501. The van der Waals surface area contributed by atoms with Crippen molar-refractivity contribution in [3.8, 4) is 22.1 Å². The highest BCUT2D eigenvalue weighted by Gasteiger charge is 2.25. The summed E-state index contributed by atoms with van der Waals surface area (Å²) < 4.78 is 15.4. The summed E-state index contributed by atoms with van der Waals surface area (Å²) in [4.78, 5) is 31.8. The highest BCUT2D eigenvalue weighted by Crippen LogP contribution is 2.31. The predicted molar refractivity (Wildman–Crippen MR) is 116 cm³/mol. The summed E-state index contributed by atoms with van der Waals surface area (Å²) in [5, 5.41) is 4.73. The van der Waals surface area contributed by atoms with Gasteiger partial charge >= 0.3 is 5.97 Å². The van der Waals surface area contributed by atoms with Crippen LogP contribution in [-0.2, 0) is 16.1 Å². The number of carbonyl (C=O) groups is 2. The maximum absolute atomic E-state index is 13.3. The van der Waals surface area contributed by atoms with Crippen molar-refractivity contribution in [1.82, 2.24) is 9.88 Å². The maximum Gasteiger partial charge on any atom is 0.325 e. The molecule has 0 fully saturated rings. The van der Waals surface area contributed by atoms with Crippen molar-refractivity contribution < 1.29 is 23.8 Å². The van der Waals surface area contributed by atoms with Crippen LogP contribution in [0.15, 0.2) is 35.0 Å². The highest BCUT2D eigenvalue weighted by atomic mass is 32.1. The van der Waals surface area contributed by atoms with E-state index in [9.17, 15) is 9.59 Å². The lowest BCUT2D eigenvalue weighted by atomic mass is 10.1. The Balaban J connectivity index is 1.92. The summed E-state index contributed by atoms with van der Waals surface area (Å²) in [6.07, 6.45) is 0. The fourth-order valence-electron chi connectivity index (χ4n) is 2.85. The molecule has 2 aromatic heterocycles. The van der Waals surface area contributed by atoms with Crippen LogP contribution in [0.4, 0.5) is 0 Å². The molecule has 3 rings (SSSR count). The third kappa shape index (κ3) is 4.98. The molecule has 0 unspecified atom stereocenters. The van der Waals surface area contributed by atoms with Crippen molar-refractivity contribution >= 4 is 34.6 Å². The lowest BCUT2D eigenvalue weighted by molar-refractivity contribution is -0.141. The number of esters is 1. The van der Waals surface area contributed by atoms with Crippen LogP contribution in [0.5, 0.6) is 11.5 Å². The Morgan fingerprint density at radius 1 is 1.10 bits per heavy atom. The topological polar surface area (TPSA) is 78.0 Å². The molecule has 0 radical (unpaired) electrons. The minimum absolute atomic E-state index is 0.181. The van der Waals surface area contributed by atoms with Gasteiger partial charge in [-0.3, -0.25) is 9.59 Å². The van der Waals surface area contributed by atoms with E-state index in [-0.39, 0.29) is 19.0 Å². The van der Waals surface area contributed by atoms with Crippen LogP contribution in [-0.4, -0.2) is 49.6 Å². The molecule has 158 valence electrons. The second-order valence-corrected chi connectivity index (χ2v) is 8.18. The van der Waals surface area contributed by atoms with Crippen molar-refractivity contribution in [3.05, 3.63) is 51.2 Å². The molecule has 30 heavy (non-hydrogen) atoms. The fraction of sp³-hybridized carbons (Fsp3) is 0.286. The van der Waals surface area contributed by atoms with E-state index in [1.807, 2.05) is 16.8 Å². The zero-order valence-electron chi connectivity index (χ0n) is 17.1. The Hall–Kier alpha value is -2.91. The quantitative estimate of drug-likeness (QED) is 0.487. The number of thiophene rings is 1. The van der Waals surface area contributed by atoms with E-state index >= 15 is 0 Å². The molecule has 0 atom stereocenters. The van der Waals surface area contributed by atoms with Gasteiger partial charge < -0.3 is 19.1 Å². The van der Waals surface area contributed by atoms with Crippen molar-refractivity contribution in [3.63, 3.8) is 0 Å². The number of rotatable bonds is 8. The van der Waals surface area contributed by atoms with Crippen molar-refractivity contribution in [1.29, 1.82) is 0 Å². The van der Waals surface area contributed by atoms with Crippen LogP contribution in [0.2, 0.25) is 0 Å². The Labute approximate surface area is 182 Å². The molecular formula is C21H22N2O5S2. The number of thiazole rings is 1. The van der Waals surface area contributed by atoms with Gasteiger partial charge in [-0.05, 0) is 36.1 Å². The average Bonchev–Trinajstić information content (AvgIpc) is 3.42. The Kier molecular flexibility index (Phi) is 7.07. The van der Waals surface area contributed by atoms with Crippen LogP contribution in [0.1, 0.15) is 20.9 Å². The molecule has 0 aliphatic carbocycles. The van der Waals surface area contributed by atoms with E-state index in [2.05, 4.69) is 4.98 Å². The molecule has 7 nitrogen and oxygen atoms in total. The molecule has 9 heteroatoms. The Bertz CT molecular complexity index is 1010. The molecule has 0 bridgehead atoms. The zero-order valence-corrected chi connectivity index (χ0v) is 18.8. The molecule has 0 aliphatic rings. The molecule has 0 N–H and O–H groups in total. The molecule has 0 aliphatic heterocycles. The van der Waals surface area contributed by atoms with E-state index in [1.54, 1.807) is 50.7 Å². The van der Waals surface area contributed by atoms with E-state index in [1.165, 1.54) is 23.3 Å². The van der Waals surface area contributed by atoms with Gasteiger partial charge in [0.1, 0.15) is 27.9 Å². The first-order valence-electron chi connectivity index (χ1n) is 9.03. The third-order valence-corrected chi connectivity index (χ3v) is 6.26. The van der Waals surface area contributed by atoms with Gasteiger partial charge in [-0.25, -0.2) is 4.98 Å². The van der Waals surface area contributed by atoms with E-state index in [0.717, 1.165) is 16.1 Å². The lowest BCUT2D eigenvalue weighted by Gasteiger charge is -2.22. The van der Waals surface area contributed by atoms with Gasteiger partial charge in [-0.2, -0.15) is 11.3 Å². The molecular weight excluding hydrogens is 424 g/mol. The van der Waals surface area contributed by atoms with Crippen LogP contribution >= 0.6 is 22.7 Å². The number of hydrogen-bond donors (Lipinski definition) is 0. The summed E-state index contributed by atoms with van der Waals surface area (Å²) in [5.41, 5.74) is 2.37. The molecule has 0 saturated heterocycles. The van der Waals surface area contributed by atoms with Crippen LogP contribution in [0.3, 0.4) is 0 Å². The first-order valence-corrected chi connectivity index (χ1v) is 10.8. The molecule has 2 heterocycles. The lowest BCUT2D eigenvalue weighted by Crippen LogP contribution is -2.35. The SMILES string of the molecule is COC(=O)CN(Cc1cc(OC)cc(OC)c1)C(=O)c1sc(-c2ccsc2)nc1C. The molecule has 0 spiro atoms. The smallest absolute Gasteiger partial charge is 0.325 e. The van der Waals surface area contributed by atoms with Crippen molar-refractivity contribution in [2.24, 2.45) is 0 Å². The second kappa shape index (κ2) is 9.73. The summed E-state index contributed by atoms with van der Waals surface area (Å²) in [7, 11) is 4.41. The van der Waals surface area contributed by atoms with Gasteiger partial charge in [-0.15, -0.1) is 11.3 Å². The fourth-order valence-corrected chi connectivity index (χ4v) is 4.59. The number of nitrogens with zero attached hydrogens (tertiary/aromatic N) is 2. The standard InChI is InChI=1S/C21H22N2O5S2/c1-13-19(30-20(22-13)15-5-6-29-12-15)21(25)23(11-18(24)28-4)10-14-7-16(26-2)9-17(8-14)27-3/h5-9,12H,10-11H2,1-4H3. The van der Waals surface area contributed by atoms with Crippen LogP contribution < -0.4 is 9.47 Å². The number of carbonyl (C=O) groups excluding carboxylic acids is 2. The average molecular weight is 447 g/mol. The van der Waals surface area contributed by atoms with Crippen LogP contribution in [0.25, 0.3) is 10.6 Å². The van der Waals surface area contributed by atoms with Gasteiger partial charge in [0.2, 0.25) is 0 Å². The van der Waals surface area contributed by atoms with E-state index in [4.69, 9.17) is 14.2 Å². The highest BCUT2D eigenvalue weighted by molar-refractivity contribution is 7.17. The summed E-state index contributed by atoms with van der Waals surface area (Å²) in [6, 6.07) is 7.31. The zero-order chi connectivity index (χ0) is 21.7. The Morgan fingerprint density at radius 3 is 2.37 bits per heavy atom. The molecule has 1 aromatic carbocycles. The number of amides is 1. The van der Waals surface area contributed by atoms with E-state index in [0.29, 0.717) is 22.1 Å². The predicted octanol–water partition coefficient (Wildman–Crippen LogP) is 4.01. The van der Waals surface area contributed by atoms with E-state index < -0.39 is 5.97 Å². The van der Waals surface area contributed by atoms with Crippen LogP contribution in [0, 0.1) is 6.92 Å². The van der Waals surface area contributed by atoms with Gasteiger partial charge in [0.15, 0.2) is 0 Å². The molecule has 1 amide bonds. The summed E-state index contributed by atoms with van der Waals surface area (Å²) in [5.74, 6) is 0.421. The van der Waals surface area contributed by atoms with Gasteiger partial charge in [0.05, 0.1) is 27.0 Å². The summed E-state index contributed by atoms with van der Waals surface area (Å²) in [6.45, 7) is 1.80. The minimum Gasteiger partial charge on any atom is -0.497 e. The maximum atomic E-state index is 13.3. The normalized spacial score (nSPS) is 10.5. The summed E-state index contributed by atoms with van der Waals surface area (Å²) >= 11 is 2.89. The monoisotopic (exact) mass is 446 g/mol. The number of aryl methyl sites for hydroxylation is 1. The third-order valence-electron chi connectivity index (χ3n) is 4.38. The molecule has 0 saturated carbocycles. The first-order chi connectivity index (χ1) is 14.4. The number of benzene rings is 1. The molecule has 3 aromatic rings. The number of methoxy groups -OCH3 is 3. The largest absolute Gasteiger partial charge is 0.497 e. The van der Waals surface area contributed by atoms with Crippen molar-refractivity contribution in [2.45, 2.75) is 13.5 Å². The first kappa shape index (κ1) is 21.8. The number of aromatic nitrogens is 1. The van der Waals surface area contributed by atoms with Gasteiger partial charge in [0.25, 0.3) is 5.91 Å².